The molecule has 1 atom stereocenters. The van der Waals surface area contributed by atoms with Gasteiger partial charge in [0, 0.05) is 0 Å². The highest BCUT2D eigenvalue weighted by molar-refractivity contribution is 6.09. The van der Waals surface area contributed by atoms with Crippen molar-refractivity contribution in [2.24, 2.45) is 0 Å². The van der Waals surface area contributed by atoms with Crippen LogP contribution in [0.1, 0.15) is 11.1 Å². The number of hydrogen-bond acceptors (Lipinski definition) is 4. The van der Waals surface area contributed by atoms with Crippen molar-refractivity contribution in [1.82, 2.24) is 10.2 Å². The van der Waals surface area contributed by atoms with Crippen LogP contribution >= 0.6 is 0 Å². The predicted octanol–water partition coefficient (Wildman–Crippen LogP) is 0.0485. The van der Waals surface area contributed by atoms with Gasteiger partial charge in [0.25, 0.3) is 5.91 Å². The van der Waals surface area contributed by atoms with Gasteiger partial charge < -0.3 is 15.2 Å². The van der Waals surface area contributed by atoms with Gasteiger partial charge in [-0.05, 0) is 11.1 Å². The molecule has 20 heavy (non-hydrogen) atoms. The van der Waals surface area contributed by atoms with E-state index in [1.807, 2.05) is 12.1 Å². The number of carbonyl (C=O) groups excluding carboxylic acids is 2. The summed E-state index contributed by atoms with van der Waals surface area (Å²) in [6.07, 6.45) is 0. The fourth-order valence-corrected chi connectivity index (χ4v) is 2.64. The number of hydrogen-bond donors (Lipinski definition) is 2. The summed E-state index contributed by atoms with van der Waals surface area (Å²) in [5.41, 5.74) is 0.170. The van der Waals surface area contributed by atoms with E-state index < -0.39 is 30.0 Å². The van der Waals surface area contributed by atoms with Crippen molar-refractivity contribution < 1.29 is 24.2 Å². The van der Waals surface area contributed by atoms with Crippen LogP contribution in [0.5, 0.6) is 0 Å². The number of urea groups is 1. The quantitative estimate of drug-likeness (QED) is 0.744. The van der Waals surface area contributed by atoms with E-state index in [1.165, 1.54) is 0 Å². The second-order valence-electron chi connectivity index (χ2n) is 4.77. The Morgan fingerprint density at radius 1 is 1.40 bits per heavy atom. The van der Waals surface area contributed by atoms with Crippen molar-refractivity contribution in [1.29, 1.82) is 0 Å². The summed E-state index contributed by atoms with van der Waals surface area (Å²) in [4.78, 5) is 35.8. The lowest BCUT2D eigenvalue weighted by molar-refractivity contribution is -0.144. The maximum atomic E-state index is 12.5. The van der Waals surface area contributed by atoms with E-state index in [0.717, 1.165) is 5.56 Å². The third-order valence-corrected chi connectivity index (χ3v) is 3.52. The van der Waals surface area contributed by atoms with Crippen LogP contribution in [0.25, 0.3) is 0 Å². The maximum Gasteiger partial charge on any atom is 0.325 e. The molecule has 1 fully saturated rings. The van der Waals surface area contributed by atoms with Crippen LogP contribution in [0.3, 0.4) is 0 Å². The summed E-state index contributed by atoms with van der Waals surface area (Å²) >= 11 is 0. The minimum atomic E-state index is -1.30. The van der Waals surface area contributed by atoms with Crippen LogP contribution in [0.4, 0.5) is 4.79 Å². The number of benzene rings is 1. The summed E-state index contributed by atoms with van der Waals surface area (Å²) in [5, 5.41) is 11.4. The summed E-state index contributed by atoms with van der Waals surface area (Å²) in [5.74, 6) is -1.83. The largest absolute Gasteiger partial charge is 0.480 e. The number of aliphatic carboxylic acids is 1. The number of nitrogens with one attached hydrogen (secondary N) is 1. The number of imide groups is 1. The lowest BCUT2D eigenvalue weighted by Crippen LogP contribution is -2.50. The smallest absolute Gasteiger partial charge is 0.325 e. The normalized spacial score (nSPS) is 24.7. The fourth-order valence-electron chi connectivity index (χ4n) is 2.64. The molecule has 1 spiro atoms. The molecule has 1 aromatic carbocycles. The minimum Gasteiger partial charge on any atom is -0.480 e. The SMILES string of the molecule is O=C(O)CN1C(=O)NC2(COCc3ccccc32)C1=O. The van der Waals surface area contributed by atoms with Crippen molar-refractivity contribution in [2.75, 3.05) is 13.2 Å². The Labute approximate surface area is 114 Å². The van der Waals surface area contributed by atoms with Crippen LogP contribution in [-0.4, -0.2) is 41.1 Å². The van der Waals surface area contributed by atoms with Gasteiger partial charge in [0.05, 0.1) is 13.2 Å². The van der Waals surface area contributed by atoms with Gasteiger partial charge in [-0.3, -0.25) is 14.5 Å². The number of carboxylic acid groups (broad SMARTS) is 1. The second kappa shape index (κ2) is 4.31. The highest BCUT2D eigenvalue weighted by Gasteiger charge is 2.55. The Hall–Kier alpha value is -2.41. The number of fused-ring (bicyclic) bond motifs is 2. The van der Waals surface area contributed by atoms with E-state index in [1.54, 1.807) is 12.1 Å². The Morgan fingerprint density at radius 2 is 2.15 bits per heavy atom. The van der Waals surface area contributed by atoms with Gasteiger partial charge in [-0.15, -0.1) is 0 Å². The van der Waals surface area contributed by atoms with E-state index in [4.69, 9.17) is 9.84 Å². The average Bonchev–Trinajstić information content (AvgIpc) is 2.64. The zero-order valence-electron chi connectivity index (χ0n) is 10.5. The van der Waals surface area contributed by atoms with E-state index >= 15 is 0 Å². The number of amides is 3. The Bertz CT molecular complexity index is 615. The molecule has 104 valence electrons. The van der Waals surface area contributed by atoms with Crippen LogP contribution in [0, 0.1) is 0 Å². The van der Waals surface area contributed by atoms with Crippen LogP contribution in [0.2, 0.25) is 0 Å². The number of ether oxygens (including phenoxy) is 1. The first kappa shape index (κ1) is 12.6. The summed E-state index contributed by atoms with van der Waals surface area (Å²) in [6.45, 7) is -0.292. The van der Waals surface area contributed by atoms with Crippen molar-refractivity contribution in [3.63, 3.8) is 0 Å². The molecule has 1 aromatic rings. The first-order chi connectivity index (χ1) is 9.54. The van der Waals surface area contributed by atoms with Crippen LogP contribution in [-0.2, 0) is 26.5 Å². The molecule has 7 nitrogen and oxygen atoms in total. The molecule has 2 heterocycles. The molecule has 2 aliphatic heterocycles. The predicted molar refractivity (Wildman–Crippen MR) is 65.7 cm³/mol. The average molecular weight is 276 g/mol. The van der Waals surface area contributed by atoms with E-state index in [9.17, 15) is 14.4 Å². The monoisotopic (exact) mass is 276 g/mol. The van der Waals surface area contributed by atoms with Crippen molar-refractivity contribution >= 4 is 17.9 Å². The van der Waals surface area contributed by atoms with Gasteiger partial charge in [0.2, 0.25) is 0 Å². The molecule has 0 bridgehead atoms. The molecular weight excluding hydrogens is 264 g/mol. The number of carbonyl (C=O) groups is 3. The molecule has 3 amide bonds. The fraction of sp³-hybridized carbons (Fsp3) is 0.308. The van der Waals surface area contributed by atoms with Crippen molar-refractivity contribution in [3.8, 4) is 0 Å². The molecule has 0 aliphatic carbocycles. The molecule has 3 rings (SSSR count). The van der Waals surface area contributed by atoms with Gasteiger partial charge in [0.1, 0.15) is 6.54 Å². The summed E-state index contributed by atoms with van der Waals surface area (Å²) < 4.78 is 5.40. The molecule has 2 N–H and O–H groups in total. The van der Waals surface area contributed by atoms with Crippen LogP contribution < -0.4 is 5.32 Å². The molecule has 7 heteroatoms. The molecule has 1 saturated heterocycles. The standard InChI is InChI=1S/C13H12N2O5/c16-10(17)5-15-11(18)13(14-12(15)19)7-20-6-8-3-1-2-4-9(8)13/h1-4H,5-7H2,(H,14,19)(H,16,17). The lowest BCUT2D eigenvalue weighted by atomic mass is 9.85. The Balaban J connectivity index is 2.05. The van der Waals surface area contributed by atoms with Crippen molar-refractivity contribution in [3.05, 3.63) is 35.4 Å². The molecular formula is C13H12N2O5. The van der Waals surface area contributed by atoms with Crippen molar-refractivity contribution in [2.45, 2.75) is 12.1 Å². The Morgan fingerprint density at radius 3 is 2.90 bits per heavy atom. The van der Waals surface area contributed by atoms with E-state index in [0.29, 0.717) is 17.1 Å². The second-order valence-corrected chi connectivity index (χ2v) is 4.77. The third kappa shape index (κ3) is 1.67. The zero-order valence-corrected chi connectivity index (χ0v) is 10.5. The van der Waals surface area contributed by atoms with E-state index in [-0.39, 0.29) is 6.61 Å². The third-order valence-electron chi connectivity index (χ3n) is 3.52. The molecule has 0 aromatic heterocycles. The summed E-state index contributed by atoms with van der Waals surface area (Å²) in [7, 11) is 0. The highest BCUT2D eigenvalue weighted by Crippen LogP contribution is 2.35. The zero-order chi connectivity index (χ0) is 14.3. The molecule has 0 saturated carbocycles. The van der Waals surface area contributed by atoms with Gasteiger partial charge in [-0.2, -0.15) is 0 Å². The number of rotatable bonds is 2. The first-order valence-electron chi connectivity index (χ1n) is 6.06. The van der Waals surface area contributed by atoms with Gasteiger partial charge in [-0.1, -0.05) is 24.3 Å². The molecule has 0 radical (unpaired) electrons. The molecule has 1 unspecified atom stereocenters. The topological polar surface area (TPSA) is 95.9 Å². The van der Waals surface area contributed by atoms with Gasteiger partial charge >= 0.3 is 12.0 Å². The van der Waals surface area contributed by atoms with Gasteiger partial charge in [-0.25, -0.2) is 4.79 Å². The number of carboxylic acids is 1. The number of nitrogens with zero attached hydrogens (tertiary/aromatic N) is 1. The molecule has 2 aliphatic rings. The van der Waals surface area contributed by atoms with Gasteiger partial charge in [0.15, 0.2) is 5.54 Å². The van der Waals surface area contributed by atoms with E-state index in [2.05, 4.69) is 5.32 Å². The summed E-state index contributed by atoms with van der Waals surface area (Å²) in [6, 6.07) is 6.44. The maximum absolute atomic E-state index is 12.5. The highest BCUT2D eigenvalue weighted by atomic mass is 16.5. The minimum absolute atomic E-state index is 0.00467. The van der Waals surface area contributed by atoms with Crippen LogP contribution in [0.15, 0.2) is 24.3 Å². The Kier molecular flexibility index (Phi) is 2.72. The lowest BCUT2D eigenvalue weighted by Gasteiger charge is -2.33. The first-order valence-corrected chi connectivity index (χ1v) is 6.06.